The Hall–Kier alpha value is -2.08. The van der Waals surface area contributed by atoms with Gasteiger partial charge in [-0.05, 0) is 45.3 Å². The van der Waals surface area contributed by atoms with Gasteiger partial charge in [0.15, 0.2) is 0 Å². The van der Waals surface area contributed by atoms with E-state index in [0.29, 0.717) is 19.7 Å². The van der Waals surface area contributed by atoms with Crippen LogP contribution in [0.2, 0.25) is 0 Å². The molecule has 1 unspecified atom stereocenters. The fourth-order valence-electron chi connectivity index (χ4n) is 2.57. The summed E-state index contributed by atoms with van der Waals surface area (Å²) < 4.78 is 5.40. The predicted molar refractivity (Wildman–Crippen MR) is 89.6 cm³/mol. The zero-order chi connectivity index (χ0) is 16.8. The van der Waals surface area contributed by atoms with Gasteiger partial charge in [0, 0.05) is 31.7 Å². The van der Waals surface area contributed by atoms with Gasteiger partial charge in [-0.2, -0.15) is 0 Å². The number of likely N-dealkylation sites (N-methyl/N-ethyl adjacent to an activating group) is 1. The van der Waals surface area contributed by atoms with E-state index in [4.69, 9.17) is 4.74 Å². The molecule has 0 aliphatic carbocycles. The number of benzene rings is 1. The topological polar surface area (TPSA) is 61.9 Å². The molecule has 1 aliphatic heterocycles. The molecule has 0 saturated carbocycles. The van der Waals surface area contributed by atoms with Crippen LogP contribution in [0.15, 0.2) is 24.3 Å². The summed E-state index contributed by atoms with van der Waals surface area (Å²) >= 11 is 0. The SMILES string of the molecule is CCOc1ccc(N2CC(C(=O)NCCN(C)C)CC2=O)cc1. The van der Waals surface area contributed by atoms with Crippen molar-refractivity contribution in [2.45, 2.75) is 13.3 Å². The number of nitrogens with zero attached hydrogens (tertiary/aromatic N) is 2. The molecule has 6 nitrogen and oxygen atoms in total. The van der Waals surface area contributed by atoms with E-state index in [1.165, 1.54) is 0 Å². The number of anilines is 1. The Kier molecular flexibility index (Phi) is 5.98. The monoisotopic (exact) mass is 319 g/mol. The Balaban J connectivity index is 1.92. The predicted octanol–water partition coefficient (Wildman–Crippen LogP) is 1.12. The van der Waals surface area contributed by atoms with Crippen molar-refractivity contribution < 1.29 is 14.3 Å². The van der Waals surface area contributed by atoms with Crippen LogP contribution in [0.5, 0.6) is 5.75 Å². The van der Waals surface area contributed by atoms with Crippen molar-refractivity contribution in [3.05, 3.63) is 24.3 Å². The fraction of sp³-hybridized carbons (Fsp3) is 0.529. The lowest BCUT2D eigenvalue weighted by atomic mass is 10.1. The van der Waals surface area contributed by atoms with Gasteiger partial charge >= 0.3 is 0 Å². The first kappa shape index (κ1) is 17.3. The first-order valence-corrected chi connectivity index (χ1v) is 7.97. The number of hydrogen-bond acceptors (Lipinski definition) is 4. The standard InChI is InChI=1S/C17H25N3O3/c1-4-23-15-7-5-14(6-8-15)20-12-13(11-16(20)21)17(22)18-9-10-19(2)3/h5-8,13H,4,9-12H2,1-3H3,(H,18,22). The lowest BCUT2D eigenvalue weighted by Crippen LogP contribution is -2.36. The number of hydrogen-bond donors (Lipinski definition) is 1. The Morgan fingerprint density at radius 1 is 1.35 bits per heavy atom. The van der Waals surface area contributed by atoms with Crippen molar-refractivity contribution in [3.63, 3.8) is 0 Å². The highest BCUT2D eigenvalue weighted by atomic mass is 16.5. The second kappa shape index (κ2) is 7.97. The number of ether oxygens (including phenoxy) is 1. The lowest BCUT2D eigenvalue weighted by Gasteiger charge is -2.17. The van der Waals surface area contributed by atoms with Gasteiger partial charge in [-0.1, -0.05) is 0 Å². The summed E-state index contributed by atoms with van der Waals surface area (Å²) in [7, 11) is 3.91. The van der Waals surface area contributed by atoms with E-state index in [0.717, 1.165) is 18.0 Å². The third kappa shape index (κ3) is 4.69. The Labute approximate surface area is 137 Å². The summed E-state index contributed by atoms with van der Waals surface area (Å²) in [5.41, 5.74) is 0.807. The van der Waals surface area contributed by atoms with E-state index in [1.807, 2.05) is 50.2 Å². The summed E-state index contributed by atoms with van der Waals surface area (Å²) in [6, 6.07) is 7.40. The molecule has 126 valence electrons. The Bertz CT molecular complexity index is 543. The van der Waals surface area contributed by atoms with Gasteiger partial charge in [0.05, 0.1) is 12.5 Å². The van der Waals surface area contributed by atoms with E-state index in [1.54, 1.807) is 4.90 Å². The second-order valence-corrected chi connectivity index (χ2v) is 5.93. The molecular formula is C17H25N3O3. The highest BCUT2D eigenvalue weighted by Crippen LogP contribution is 2.26. The summed E-state index contributed by atoms with van der Waals surface area (Å²) in [6.07, 6.45) is 0.265. The minimum Gasteiger partial charge on any atom is -0.494 e. The minimum atomic E-state index is -0.281. The summed E-state index contributed by atoms with van der Waals surface area (Å²) in [6.45, 7) is 4.35. The Morgan fingerprint density at radius 2 is 2.04 bits per heavy atom. The highest BCUT2D eigenvalue weighted by molar-refractivity contribution is 6.00. The molecule has 1 aromatic carbocycles. The van der Waals surface area contributed by atoms with E-state index in [-0.39, 0.29) is 24.2 Å². The van der Waals surface area contributed by atoms with Crippen LogP contribution in [-0.2, 0) is 9.59 Å². The van der Waals surface area contributed by atoms with Crippen LogP contribution in [0.1, 0.15) is 13.3 Å². The zero-order valence-corrected chi connectivity index (χ0v) is 14.0. The molecule has 0 aromatic heterocycles. The van der Waals surface area contributed by atoms with Gasteiger partial charge in [-0.3, -0.25) is 9.59 Å². The van der Waals surface area contributed by atoms with Gasteiger partial charge in [0.25, 0.3) is 0 Å². The van der Waals surface area contributed by atoms with Crippen molar-refractivity contribution in [3.8, 4) is 5.75 Å². The van der Waals surface area contributed by atoms with Crippen LogP contribution in [-0.4, -0.2) is 57.1 Å². The fourth-order valence-corrected chi connectivity index (χ4v) is 2.57. The molecule has 1 heterocycles. The third-order valence-electron chi connectivity index (χ3n) is 3.81. The maximum Gasteiger partial charge on any atom is 0.227 e. The number of carbonyl (C=O) groups is 2. The lowest BCUT2D eigenvalue weighted by molar-refractivity contribution is -0.126. The number of amides is 2. The molecule has 1 fully saturated rings. The third-order valence-corrected chi connectivity index (χ3v) is 3.81. The molecule has 2 rings (SSSR count). The van der Waals surface area contributed by atoms with Crippen molar-refractivity contribution in [2.24, 2.45) is 5.92 Å². The zero-order valence-electron chi connectivity index (χ0n) is 14.0. The van der Waals surface area contributed by atoms with Crippen LogP contribution in [0, 0.1) is 5.92 Å². The van der Waals surface area contributed by atoms with E-state index < -0.39 is 0 Å². The number of rotatable bonds is 7. The summed E-state index contributed by atoms with van der Waals surface area (Å²) in [4.78, 5) is 28.0. The molecule has 1 N–H and O–H groups in total. The molecule has 0 bridgehead atoms. The maximum atomic E-state index is 12.2. The van der Waals surface area contributed by atoms with E-state index in [2.05, 4.69) is 5.32 Å². The number of carbonyl (C=O) groups excluding carboxylic acids is 2. The molecule has 1 aliphatic rings. The highest BCUT2D eigenvalue weighted by Gasteiger charge is 2.34. The first-order chi connectivity index (χ1) is 11.0. The molecule has 1 saturated heterocycles. The average Bonchev–Trinajstić information content (AvgIpc) is 2.90. The van der Waals surface area contributed by atoms with Gasteiger partial charge in [-0.15, -0.1) is 0 Å². The van der Waals surface area contributed by atoms with Crippen LogP contribution in [0.4, 0.5) is 5.69 Å². The number of nitrogens with one attached hydrogen (secondary N) is 1. The second-order valence-electron chi connectivity index (χ2n) is 5.93. The smallest absolute Gasteiger partial charge is 0.227 e. The van der Waals surface area contributed by atoms with Crippen molar-refractivity contribution in [2.75, 3.05) is 45.2 Å². The maximum absolute atomic E-state index is 12.2. The largest absolute Gasteiger partial charge is 0.494 e. The van der Waals surface area contributed by atoms with Crippen LogP contribution < -0.4 is 15.0 Å². The van der Waals surface area contributed by atoms with Crippen LogP contribution in [0.25, 0.3) is 0 Å². The van der Waals surface area contributed by atoms with Gasteiger partial charge in [-0.25, -0.2) is 0 Å². The summed E-state index contributed by atoms with van der Waals surface area (Å²) in [5.74, 6) is 0.438. The molecule has 2 amide bonds. The van der Waals surface area contributed by atoms with Gasteiger partial charge in [0.2, 0.25) is 11.8 Å². The quantitative estimate of drug-likeness (QED) is 0.818. The molecule has 6 heteroatoms. The molecule has 23 heavy (non-hydrogen) atoms. The molecule has 1 aromatic rings. The van der Waals surface area contributed by atoms with E-state index >= 15 is 0 Å². The first-order valence-electron chi connectivity index (χ1n) is 7.97. The molecule has 0 radical (unpaired) electrons. The minimum absolute atomic E-state index is 0.0121. The molecule has 1 atom stereocenters. The van der Waals surface area contributed by atoms with Crippen molar-refractivity contribution in [1.82, 2.24) is 10.2 Å². The Morgan fingerprint density at radius 3 is 2.65 bits per heavy atom. The van der Waals surface area contributed by atoms with Crippen LogP contribution >= 0.6 is 0 Å². The van der Waals surface area contributed by atoms with E-state index in [9.17, 15) is 9.59 Å². The van der Waals surface area contributed by atoms with Gasteiger partial charge in [0.1, 0.15) is 5.75 Å². The molecule has 0 spiro atoms. The van der Waals surface area contributed by atoms with Gasteiger partial charge < -0.3 is 19.9 Å². The average molecular weight is 319 g/mol. The molecular weight excluding hydrogens is 294 g/mol. The van der Waals surface area contributed by atoms with Crippen LogP contribution in [0.3, 0.4) is 0 Å². The normalized spacial score (nSPS) is 17.7. The van der Waals surface area contributed by atoms with Crippen molar-refractivity contribution >= 4 is 17.5 Å². The summed E-state index contributed by atoms with van der Waals surface area (Å²) in [5, 5.41) is 2.89. The van der Waals surface area contributed by atoms with Crippen molar-refractivity contribution in [1.29, 1.82) is 0 Å².